The fourth-order valence-electron chi connectivity index (χ4n) is 13.6. The molecule has 34 nitrogen and oxygen atoms in total. The van der Waals surface area contributed by atoms with Crippen molar-refractivity contribution < 1.29 is 102 Å². The molecule has 16 N–H and O–H groups in total. The number of para-hydroxylation sites is 1. The van der Waals surface area contributed by atoms with Gasteiger partial charge in [-0.15, -0.1) is 0 Å². The van der Waals surface area contributed by atoms with Crippen LogP contribution in [0.25, 0.3) is 10.9 Å². The highest BCUT2D eigenvalue weighted by molar-refractivity contribution is 7.80. The number of benzene rings is 2. The van der Waals surface area contributed by atoms with E-state index in [9.17, 15) is 96.8 Å². The lowest BCUT2D eigenvalue weighted by Crippen LogP contribution is -2.61. The number of carbonyl (C=O) groups excluding carboxylic acids is 13. The summed E-state index contributed by atoms with van der Waals surface area (Å²) in [6.45, 7) is 16.2. The molecule has 2 aliphatic rings. The summed E-state index contributed by atoms with van der Waals surface area (Å²) in [7, 11) is 0. The summed E-state index contributed by atoms with van der Waals surface area (Å²) in [6.07, 6.45) is -1.70. The van der Waals surface area contributed by atoms with E-state index in [-0.39, 0.29) is 63.5 Å². The van der Waals surface area contributed by atoms with E-state index < -0.39 is 241 Å². The Labute approximate surface area is 649 Å². The summed E-state index contributed by atoms with van der Waals surface area (Å²) in [5.74, 6) is -21.4. The highest BCUT2D eigenvalue weighted by Crippen LogP contribution is 2.35. The predicted octanol–water partition coefficient (Wildman–Crippen LogP) is 2.24. The van der Waals surface area contributed by atoms with Gasteiger partial charge in [-0.25, -0.2) is 9.59 Å². The molecule has 1 saturated carbocycles. The minimum Gasteiger partial charge on any atom is -0.481 e. The van der Waals surface area contributed by atoms with E-state index in [1.54, 1.807) is 74.6 Å². The molecule has 1 saturated heterocycles. The number of hydrogen-bond acceptors (Lipinski definition) is 18. The van der Waals surface area contributed by atoms with Crippen LogP contribution in [0, 0.1) is 41.4 Å². The maximum absolute atomic E-state index is 14.9. The highest BCUT2D eigenvalue weighted by Gasteiger charge is 2.45. The minimum absolute atomic E-state index is 0.0353. The van der Waals surface area contributed by atoms with Crippen molar-refractivity contribution in [3.05, 3.63) is 71.9 Å². The van der Waals surface area contributed by atoms with Gasteiger partial charge in [0.1, 0.15) is 54.4 Å². The number of imide groups is 1. The second-order valence-electron chi connectivity index (χ2n) is 29.8. The number of nitrogens with two attached hydrogens (primary N) is 1. The number of carboxylic acids is 4. The van der Waals surface area contributed by atoms with Crippen molar-refractivity contribution in [2.75, 3.05) is 18.8 Å². The third-order valence-corrected chi connectivity index (χ3v) is 20.1. The average Bonchev–Trinajstić information content (AvgIpc) is 1.77. The molecule has 3 aromatic rings. The number of likely N-dealkylation sites (tertiary alicyclic amines) is 1. The first-order valence-electron chi connectivity index (χ1n) is 37.6. The molecule has 1 aromatic heterocycles. The molecule has 111 heavy (non-hydrogen) atoms. The van der Waals surface area contributed by atoms with Gasteiger partial charge in [0.05, 0.1) is 12.5 Å². The van der Waals surface area contributed by atoms with Gasteiger partial charge in [-0.3, -0.25) is 76.8 Å². The van der Waals surface area contributed by atoms with E-state index in [1.807, 2.05) is 34.6 Å². The molecule has 610 valence electrons. The van der Waals surface area contributed by atoms with Gasteiger partial charge in [-0.1, -0.05) is 124 Å². The standard InChI is InChI=1S/C76H109N13O21S/c1-10-42(8)63(87-76(110)89(37-40(4)5)73(106)43(9)32-39(2)3)74(107)88-31-17-24-57(88)71(104)84-53(33-44-18-12-11-13-19-44)67(100)83-55(35-61(95)96)69(102)85-56(38-111)70(103)82-54(34-45-36-78-49-23-15-14-20-46(45)49)68(101)79-50(26-29-59(91)92)64(97)47-21-16-22-48(47)65(98)86-62(41(6)7)72(105)80-51(25-28-58(77)90)66(99)81-52(75(108)109)27-30-60(93)94/h11-15,18-20,23,36,39-43,47-48,50-57,62-63,78,111H,10,16-17,21-22,24-35,37-38H2,1-9H3,(H2,77,90)(H,79,101)(H,80,105)(H,81,99)(H,82,103)(H,83,100)(H,84,104)(H,85,102)(H,86,98)(H,87,110)(H,91,92)(H,93,94)(H,95,96)(H,108,109)/t42-,43-,47?,48-,50+,51+,52+,53+,54+,55+,56+,57+,62+,63+/m1/s1. The molecule has 2 heterocycles. The second-order valence-corrected chi connectivity index (χ2v) is 30.2. The number of rotatable bonds is 45. The number of ketones is 1. The van der Waals surface area contributed by atoms with E-state index in [2.05, 4.69) is 65.5 Å². The summed E-state index contributed by atoms with van der Waals surface area (Å²) in [5.41, 5.74) is 6.89. The fourth-order valence-corrected chi connectivity index (χ4v) is 13.9. The average molecular weight is 1570 g/mol. The Morgan fingerprint density at radius 3 is 1.68 bits per heavy atom. The van der Waals surface area contributed by atoms with Crippen molar-refractivity contribution in [2.45, 2.75) is 225 Å². The largest absolute Gasteiger partial charge is 0.481 e. The Kier molecular flexibility index (Phi) is 36.0. The Morgan fingerprint density at radius 1 is 0.550 bits per heavy atom. The fraction of sp³-hybridized carbons (Fsp3) is 0.592. The van der Waals surface area contributed by atoms with Crippen molar-refractivity contribution >= 4 is 124 Å². The number of aromatic amines is 1. The Morgan fingerprint density at radius 2 is 1.09 bits per heavy atom. The molecule has 35 heteroatoms. The summed E-state index contributed by atoms with van der Waals surface area (Å²) in [6, 6.07) is -1.29. The van der Waals surface area contributed by atoms with Gasteiger partial charge in [-0.2, -0.15) is 12.6 Å². The normalized spacial score (nSPS) is 17.7. The number of aliphatic carboxylic acids is 4. The lowest BCUT2D eigenvalue weighted by atomic mass is 9.85. The Bertz CT molecular complexity index is 3830. The van der Waals surface area contributed by atoms with Crippen molar-refractivity contribution in [3.8, 4) is 0 Å². The van der Waals surface area contributed by atoms with Crippen LogP contribution in [-0.2, 0) is 89.6 Å². The molecule has 1 unspecified atom stereocenters. The van der Waals surface area contributed by atoms with Gasteiger partial charge in [0.25, 0.3) is 0 Å². The molecule has 13 amide bonds. The van der Waals surface area contributed by atoms with Gasteiger partial charge in [0, 0.05) is 85.8 Å². The first kappa shape index (κ1) is 91.1. The van der Waals surface area contributed by atoms with Crippen LogP contribution < -0.4 is 53.6 Å². The van der Waals surface area contributed by atoms with E-state index >= 15 is 0 Å². The summed E-state index contributed by atoms with van der Waals surface area (Å²) in [5, 5.41) is 62.3. The van der Waals surface area contributed by atoms with Crippen LogP contribution in [0.2, 0.25) is 0 Å². The van der Waals surface area contributed by atoms with Crippen LogP contribution in [0.1, 0.15) is 163 Å². The molecular formula is C76H109N13O21S. The monoisotopic (exact) mass is 1570 g/mol. The number of nitrogens with zero attached hydrogens (tertiary/aromatic N) is 2. The van der Waals surface area contributed by atoms with Gasteiger partial charge in [0.15, 0.2) is 5.78 Å². The molecule has 0 radical (unpaired) electrons. The lowest BCUT2D eigenvalue weighted by molar-refractivity contribution is -0.144. The van der Waals surface area contributed by atoms with Crippen LogP contribution in [0.4, 0.5) is 4.79 Å². The smallest absolute Gasteiger partial charge is 0.326 e. The van der Waals surface area contributed by atoms with E-state index in [0.717, 1.165) is 4.90 Å². The number of fused-ring (bicyclic) bond motifs is 1. The molecule has 5 rings (SSSR count). The maximum atomic E-state index is 14.9. The van der Waals surface area contributed by atoms with Crippen molar-refractivity contribution in [1.82, 2.24) is 62.6 Å². The second kappa shape index (κ2) is 43.8. The summed E-state index contributed by atoms with van der Waals surface area (Å²) >= 11 is 4.33. The maximum Gasteiger partial charge on any atom is 0.326 e. The SMILES string of the molecule is CC[C@@H](C)[C@H](NC(=O)N(CC(C)C)C(=O)[C@H](C)CC(C)C)C(=O)N1CCC[C@H]1C(=O)N[C@@H](Cc1ccccc1)C(=O)N[C@@H](CC(=O)O)C(=O)N[C@@H](CS)C(=O)N[C@@H](Cc1c[nH]c2ccccc12)C(=O)N[C@@H](CCC(=O)O)C(=O)C1CCC[C@H]1C(=O)N[C@H](C(=O)N[C@@H](CCC(N)=O)C(=O)N[C@@H](CCC(=O)O)C(=O)O)C(C)C. The van der Waals surface area contributed by atoms with Gasteiger partial charge >= 0.3 is 29.9 Å². The lowest BCUT2D eigenvalue weighted by Gasteiger charge is -2.34. The van der Waals surface area contributed by atoms with Crippen molar-refractivity contribution in [2.24, 2.45) is 47.2 Å². The van der Waals surface area contributed by atoms with E-state index in [0.29, 0.717) is 41.3 Å². The molecular weight excluding hydrogens is 1460 g/mol. The minimum atomic E-state index is -1.97. The van der Waals surface area contributed by atoms with Gasteiger partial charge in [-0.05, 0) is 92.2 Å². The number of hydrogen-bond donors (Lipinski definition) is 16. The van der Waals surface area contributed by atoms with Gasteiger partial charge in [0.2, 0.25) is 65.0 Å². The molecule has 0 spiro atoms. The first-order chi connectivity index (χ1) is 52.3. The summed E-state index contributed by atoms with van der Waals surface area (Å²) in [4.78, 5) is 238. The van der Waals surface area contributed by atoms with Crippen LogP contribution in [-0.4, -0.2) is 215 Å². The topological polar surface area (TPSA) is 528 Å². The summed E-state index contributed by atoms with van der Waals surface area (Å²) < 4.78 is 0. The number of urea groups is 1. The zero-order chi connectivity index (χ0) is 82.7. The number of carbonyl (C=O) groups is 17. The Hall–Kier alpha value is -10.5. The van der Waals surface area contributed by atoms with E-state index in [1.165, 1.54) is 18.7 Å². The zero-order valence-corrected chi connectivity index (χ0v) is 65.1. The third kappa shape index (κ3) is 27.8. The van der Waals surface area contributed by atoms with Crippen LogP contribution >= 0.6 is 12.6 Å². The molecule has 2 fully saturated rings. The van der Waals surface area contributed by atoms with Crippen molar-refractivity contribution in [1.29, 1.82) is 0 Å². The van der Waals surface area contributed by atoms with Crippen LogP contribution in [0.5, 0.6) is 0 Å². The third-order valence-electron chi connectivity index (χ3n) is 19.7. The number of thiol groups is 1. The Balaban J connectivity index is 1.39. The molecule has 1 aliphatic heterocycles. The van der Waals surface area contributed by atoms with Crippen molar-refractivity contribution in [3.63, 3.8) is 0 Å². The van der Waals surface area contributed by atoms with Gasteiger partial charge < -0.3 is 83.9 Å². The quantitative estimate of drug-likeness (QED) is 0.0361. The molecule has 0 bridgehead atoms. The first-order valence-corrected chi connectivity index (χ1v) is 38.2. The number of nitrogens with one attached hydrogen (secondary N) is 10. The number of amides is 13. The number of H-pyrrole nitrogens is 1. The zero-order valence-electron chi connectivity index (χ0n) is 64.2. The van der Waals surface area contributed by atoms with E-state index in [4.69, 9.17) is 10.8 Å². The number of carboxylic acid groups (broad SMARTS) is 4. The molecule has 14 atom stereocenters. The highest BCUT2D eigenvalue weighted by atomic mass is 32.1. The molecule has 1 aliphatic carbocycles. The van der Waals surface area contributed by atoms with Crippen LogP contribution in [0.15, 0.2) is 60.8 Å². The number of primary amides is 1. The molecule has 2 aromatic carbocycles. The number of aromatic nitrogens is 1. The predicted molar refractivity (Wildman–Crippen MR) is 406 cm³/mol. The van der Waals surface area contributed by atoms with Crippen LogP contribution in [0.3, 0.4) is 0 Å². The number of Topliss-reactive ketones (excluding diaryl/α,β-unsaturated/α-hetero) is 1.